The first-order chi connectivity index (χ1) is 4.57. The van der Waals surface area contributed by atoms with Crippen LogP contribution >= 0.6 is 12.6 Å². The molecule has 0 spiro atoms. The minimum absolute atomic E-state index is 0. The van der Waals surface area contributed by atoms with Gasteiger partial charge in [-0.15, -0.1) is 0 Å². The van der Waals surface area contributed by atoms with Crippen LogP contribution in [-0.4, -0.2) is 69.3 Å². The van der Waals surface area contributed by atoms with E-state index in [0.717, 1.165) is 0 Å². The fourth-order valence-electron chi connectivity index (χ4n) is 0.431. The molecule has 0 fully saturated rings. The van der Waals surface area contributed by atoms with Crippen LogP contribution in [0.5, 0.6) is 0 Å². The molecule has 6 N–H and O–H groups in total. The first-order valence-electron chi connectivity index (χ1n) is 2.68. The molecule has 86 valence electrons. The number of thiol groups is 1. The van der Waals surface area contributed by atoms with E-state index in [9.17, 15) is 9.59 Å². The zero-order chi connectivity index (χ0) is 8.15. The summed E-state index contributed by atoms with van der Waals surface area (Å²) in [6.45, 7) is 1.26. The molecule has 0 aliphatic rings. The Hall–Kier alpha value is 0.950. The average molecular weight is 419 g/mol. The summed E-state index contributed by atoms with van der Waals surface area (Å²) in [6.07, 6.45) is 0. The predicted octanol–water partition coefficient (Wildman–Crippen LogP) is -2.53. The fraction of sp³-hybridized carbons (Fsp3) is 0.600. The number of carboxylic acid groups (broad SMARTS) is 1. The van der Waals surface area contributed by atoms with Crippen LogP contribution in [0.4, 0.5) is 0 Å². The number of amides is 1. The third kappa shape index (κ3) is 15.4. The van der Waals surface area contributed by atoms with Crippen molar-refractivity contribution in [2.24, 2.45) is 0 Å². The van der Waals surface area contributed by atoms with Crippen LogP contribution in [0, 0.1) is 0 Å². The van der Waals surface area contributed by atoms with Crippen LogP contribution < -0.4 is 5.32 Å². The quantitative estimate of drug-likeness (QED) is 0.345. The van der Waals surface area contributed by atoms with Gasteiger partial charge < -0.3 is 21.4 Å². The fourth-order valence-corrected chi connectivity index (χ4v) is 0.678. The van der Waals surface area contributed by atoms with Crippen LogP contribution in [-0.2, 0) is 32.0 Å². The van der Waals surface area contributed by atoms with Crippen LogP contribution in [0.15, 0.2) is 0 Å². The van der Waals surface area contributed by atoms with E-state index in [1.54, 1.807) is 0 Å². The molecular formula is C5H13AuNNaO5S. The summed E-state index contributed by atoms with van der Waals surface area (Å²) in [7, 11) is 0. The molecule has 2 radical (unpaired) electrons. The monoisotopic (exact) mass is 419 g/mol. The summed E-state index contributed by atoms with van der Waals surface area (Å²) in [5.74, 6) is -1.32. The Kier molecular flexibility index (Phi) is 34.4. The van der Waals surface area contributed by atoms with E-state index >= 15 is 0 Å². The van der Waals surface area contributed by atoms with E-state index in [1.807, 2.05) is 0 Å². The van der Waals surface area contributed by atoms with Gasteiger partial charge in [-0.05, 0) is 0 Å². The number of carbonyl (C=O) groups excluding carboxylic acids is 1. The van der Waals surface area contributed by atoms with Gasteiger partial charge in [-0.25, -0.2) is 4.79 Å². The van der Waals surface area contributed by atoms with Crippen molar-refractivity contribution in [1.82, 2.24) is 5.32 Å². The molecule has 0 saturated carbocycles. The molecule has 0 aromatic carbocycles. The summed E-state index contributed by atoms with van der Waals surface area (Å²) >= 11 is 3.73. The molecule has 0 aliphatic carbocycles. The van der Waals surface area contributed by atoms with Crippen LogP contribution in [0.1, 0.15) is 6.92 Å². The maximum absolute atomic E-state index is 10.3. The Labute approximate surface area is 125 Å². The molecule has 0 aromatic rings. The van der Waals surface area contributed by atoms with Gasteiger partial charge in [-0.1, -0.05) is 0 Å². The third-order valence-corrected chi connectivity index (χ3v) is 1.22. The van der Waals surface area contributed by atoms with Crippen molar-refractivity contribution in [3.05, 3.63) is 0 Å². The summed E-state index contributed by atoms with van der Waals surface area (Å²) in [4.78, 5) is 20.5. The van der Waals surface area contributed by atoms with E-state index in [-0.39, 0.29) is 74.5 Å². The van der Waals surface area contributed by atoms with E-state index in [1.165, 1.54) is 6.92 Å². The molecule has 6 nitrogen and oxygen atoms in total. The Morgan fingerprint density at radius 1 is 1.43 bits per heavy atom. The largest absolute Gasteiger partial charge is 0.480 e. The molecule has 0 unspecified atom stereocenters. The minimum Gasteiger partial charge on any atom is -0.480 e. The standard InChI is InChI=1S/C5H9NO3S.Au.Na.2H2O/c1-3(7)6-4(2-10)5(8)9;;;;/h4,10H,2H2,1H3,(H,6,7)(H,8,9);;;2*1H2/t4-;;;;/m0..../s1. The van der Waals surface area contributed by atoms with Gasteiger partial charge in [-0.2, -0.15) is 12.6 Å². The maximum Gasteiger partial charge on any atom is 0.327 e. The number of nitrogens with one attached hydrogen (secondary N) is 1. The number of rotatable bonds is 3. The zero-order valence-electron chi connectivity index (χ0n) is 7.80. The van der Waals surface area contributed by atoms with Crippen molar-refractivity contribution in [3.8, 4) is 0 Å². The molecule has 0 rings (SSSR count). The normalized spacial score (nSPS) is 8.71. The zero-order valence-corrected chi connectivity index (χ0v) is 12.9. The number of carboxylic acids is 1. The molecule has 0 saturated heterocycles. The van der Waals surface area contributed by atoms with E-state index in [0.29, 0.717) is 0 Å². The van der Waals surface area contributed by atoms with Crippen molar-refractivity contribution < 1.29 is 48.0 Å². The van der Waals surface area contributed by atoms with Crippen LogP contribution in [0.2, 0.25) is 0 Å². The van der Waals surface area contributed by atoms with Gasteiger partial charge in [0.2, 0.25) is 5.91 Å². The topological polar surface area (TPSA) is 129 Å². The number of hydrogen-bond acceptors (Lipinski definition) is 3. The molecule has 14 heavy (non-hydrogen) atoms. The molecule has 1 amide bonds. The van der Waals surface area contributed by atoms with Crippen molar-refractivity contribution in [2.45, 2.75) is 13.0 Å². The van der Waals surface area contributed by atoms with Crippen molar-refractivity contribution in [3.63, 3.8) is 0 Å². The Morgan fingerprint density at radius 3 is 1.86 bits per heavy atom. The summed E-state index contributed by atoms with van der Waals surface area (Å²) < 4.78 is 0. The molecule has 0 bridgehead atoms. The number of carbonyl (C=O) groups is 2. The second kappa shape index (κ2) is 16.4. The minimum atomic E-state index is -1.06. The van der Waals surface area contributed by atoms with Gasteiger partial charge in [0.25, 0.3) is 0 Å². The van der Waals surface area contributed by atoms with E-state index < -0.39 is 12.0 Å². The van der Waals surface area contributed by atoms with Crippen molar-refractivity contribution in [1.29, 1.82) is 0 Å². The Bertz CT molecular complexity index is 161. The molecule has 0 aliphatic heterocycles. The molecule has 1 atom stereocenters. The maximum atomic E-state index is 10.3. The second-order valence-electron chi connectivity index (χ2n) is 1.77. The predicted molar refractivity (Wildman–Crippen MR) is 52.1 cm³/mol. The molecule has 0 aromatic heterocycles. The average Bonchev–Trinajstić information content (AvgIpc) is 1.81. The van der Waals surface area contributed by atoms with Crippen molar-refractivity contribution >= 4 is 54.1 Å². The number of hydrogen-bond donors (Lipinski definition) is 3. The van der Waals surface area contributed by atoms with Gasteiger partial charge in [0.1, 0.15) is 6.04 Å². The first-order valence-corrected chi connectivity index (χ1v) is 3.32. The molecule has 9 heteroatoms. The Balaban J connectivity index is -0.0000000675. The van der Waals surface area contributed by atoms with Gasteiger partial charge in [0, 0.05) is 64.6 Å². The third-order valence-electron chi connectivity index (χ3n) is 0.858. The molecule has 0 heterocycles. The Morgan fingerprint density at radius 2 is 1.79 bits per heavy atom. The van der Waals surface area contributed by atoms with Crippen molar-refractivity contribution in [2.75, 3.05) is 5.75 Å². The van der Waals surface area contributed by atoms with Gasteiger partial charge in [0.15, 0.2) is 0 Å². The SMILES string of the molecule is CC(=O)N[C@@H](CS)C(=O)O.O.O.[Au].[Na]. The first kappa shape index (κ1) is 29.4. The van der Waals surface area contributed by atoms with Gasteiger partial charge in [0.05, 0.1) is 0 Å². The number of aliphatic carboxylic acids is 1. The summed E-state index contributed by atoms with van der Waals surface area (Å²) in [5.41, 5.74) is 0. The summed E-state index contributed by atoms with van der Waals surface area (Å²) in [5, 5.41) is 10.6. The van der Waals surface area contributed by atoms with E-state index in [2.05, 4.69) is 17.9 Å². The smallest absolute Gasteiger partial charge is 0.327 e. The second-order valence-corrected chi connectivity index (χ2v) is 2.14. The van der Waals surface area contributed by atoms with E-state index in [4.69, 9.17) is 5.11 Å². The molecular weight excluding hydrogens is 406 g/mol. The summed E-state index contributed by atoms with van der Waals surface area (Å²) in [6, 6.07) is -0.874. The van der Waals surface area contributed by atoms with Gasteiger partial charge in [-0.3, -0.25) is 4.79 Å². The van der Waals surface area contributed by atoms with Crippen LogP contribution in [0.25, 0.3) is 0 Å². The van der Waals surface area contributed by atoms with Gasteiger partial charge >= 0.3 is 5.97 Å². The van der Waals surface area contributed by atoms with Crippen LogP contribution in [0.3, 0.4) is 0 Å².